The van der Waals surface area contributed by atoms with Gasteiger partial charge in [0.2, 0.25) is 5.23 Å². The van der Waals surface area contributed by atoms with Crippen LogP contribution in [0.25, 0.3) is 0 Å². The number of ketones is 1. The molecule has 1 heterocycles. The standard InChI is InChI=1S/C21H29NO4S/c1-18-11-20(25)21(27-17(22-20)26-3)15(14(18)6-7-16(18)24)5-4-12-10-13(23)8-9-19(12,21)2/h10,14-16,24-25H,4-9,11H2,1-3H3/t14-,15-,16-,18-,19-,20+,21+/m0/s1. The van der Waals surface area contributed by atoms with Gasteiger partial charge in [0.1, 0.15) is 0 Å². The topological polar surface area (TPSA) is 79.1 Å². The Hall–Kier alpha value is -0.850. The average molecular weight is 392 g/mol. The van der Waals surface area contributed by atoms with Gasteiger partial charge in [-0.15, -0.1) is 0 Å². The van der Waals surface area contributed by atoms with Crippen LogP contribution < -0.4 is 0 Å². The van der Waals surface area contributed by atoms with Crippen LogP contribution in [0.15, 0.2) is 16.6 Å². The Morgan fingerprint density at radius 1 is 1.22 bits per heavy atom. The van der Waals surface area contributed by atoms with Crippen LogP contribution in [0.5, 0.6) is 0 Å². The van der Waals surface area contributed by atoms with Crippen LogP contribution in [-0.4, -0.2) is 44.9 Å². The third-order valence-corrected chi connectivity index (χ3v) is 10.6. The van der Waals surface area contributed by atoms with E-state index in [-0.39, 0.29) is 22.5 Å². The van der Waals surface area contributed by atoms with Gasteiger partial charge in [-0.1, -0.05) is 31.2 Å². The minimum atomic E-state index is -1.28. The lowest BCUT2D eigenvalue weighted by Crippen LogP contribution is -2.71. The second-order valence-electron chi connectivity index (χ2n) is 9.73. The van der Waals surface area contributed by atoms with E-state index in [9.17, 15) is 15.0 Å². The predicted octanol–water partition coefficient (Wildman–Crippen LogP) is 3.05. The first-order valence-electron chi connectivity index (χ1n) is 10.2. The van der Waals surface area contributed by atoms with Crippen molar-refractivity contribution in [1.82, 2.24) is 0 Å². The highest BCUT2D eigenvalue weighted by Crippen LogP contribution is 2.75. The summed E-state index contributed by atoms with van der Waals surface area (Å²) in [5.74, 6) is 0.812. The van der Waals surface area contributed by atoms with E-state index in [1.807, 2.05) is 6.08 Å². The number of carbonyl (C=O) groups excluding carboxylic acids is 1. The number of ether oxygens (including phenoxy) is 1. The van der Waals surface area contributed by atoms with Crippen molar-refractivity contribution in [2.45, 2.75) is 75.4 Å². The fourth-order valence-electron chi connectivity index (χ4n) is 7.49. The van der Waals surface area contributed by atoms with Crippen molar-refractivity contribution in [2.75, 3.05) is 7.11 Å². The van der Waals surface area contributed by atoms with Gasteiger partial charge in [-0.3, -0.25) is 4.79 Å². The van der Waals surface area contributed by atoms with E-state index >= 15 is 0 Å². The number of thioether (sulfide) groups is 1. The Bertz CT molecular complexity index is 780. The minimum absolute atomic E-state index is 0.202. The number of aliphatic hydroxyl groups excluding tert-OH is 1. The fraction of sp³-hybridized carbons (Fsp3) is 0.810. The van der Waals surface area contributed by atoms with Crippen molar-refractivity contribution in [1.29, 1.82) is 0 Å². The molecule has 5 nitrogen and oxygen atoms in total. The molecule has 0 aromatic heterocycles. The largest absolute Gasteiger partial charge is 0.476 e. The Morgan fingerprint density at radius 2 is 2.00 bits per heavy atom. The van der Waals surface area contributed by atoms with Crippen LogP contribution in [0.4, 0.5) is 0 Å². The number of aliphatic imine (C=N–C) groups is 1. The molecule has 0 aromatic rings. The van der Waals surface area contributed by atoms with Crippen LogP contribution in [0.3, 0.4) is 0 Å². The second-order valence-corrected chi connectivity index (χ2v) is 10.9. The Labute approximate surface area is 164 Å². The maximum Gasteiger partial charge on any atom is 0.249 e. The Kier molecular flexibility index (Phi) is 3.63. The summed E-state index contributed by atoms with van der Waals surface area (Å²) in [6.45, 7) is 4.37. The molecule has 0 radical (unpaired) electrons. The fourth-order valence-corrected chi connectivity index (χ4v) is 9.21. The molecule has 1 aliphatic heterocycles. The van der Waals surface area contributed by atoms with Crippen molar-refractivity contribution >= 4 is 22.8 Å². The summed E-state index contributed by atoms with van der Waals surface area (Å²) in [7, 11) is 1.61. The van der Waals surface area contributed by atoms with Gasteiger partial charge in [0.05, 0.1) is 18.0 Å². The molecule has 6 heteroatoms. The summed E-state index contributed by atoms with van der Waals surface area (Å²) in [6.07, 6.45) is 6.81. The molecule has 5 rings (SSSR count). The molecular formula is C21H29NO4S. The molecule has 27 heavy (non-hydrogen) atoms. The van der Waals surface area contributed by atoms with Gasteiger partial charge in [0.25, 0.3) is 0 Å². The van der Waals surface area contributed by atoms with Crippen molar-refractivity contribution in [2.24, 2.45) is 27.7 Å². The summed E-state index contributed by atoms with van der Waals surface area (Å²) >= 11 is 1.60. The van der Waals surface area contributed by atoms with Crippen molar-refractivity contribution in [3.05, 3.63) is 11.6 Å². The van der Waals surface area contributed by atoms with E-state index < -0.39 is 16.6 Å². The highest BCUT2D eigenvalue weighted by Gasteiger charge is 2.78. The van der Waals surface area contributed by atoms with Gasteiger partial charge in [0, 0.05) is 23.7 Å². The van der Waals surface area contributed by atoms with Crippen molar-refractivity contribution < 1.29 is 19.7 Å². The Morgan fingerprint density at radius 3 is 2.74 bits per heavy atom. The van der Waals surface area contributed by atoms with E-state index in [0.29, 0.717) is 24.0 Å². The zero-order chi connectivity index (χ0) is 19.2. The lowest BCUT2D eigenvalue weighted by Gasteiger charge is -2.66. The van der Waals surface area contributed by atoms with Gasteiger partial charge in [-0.2, -0.15) is 0 Å². The van der Waals surface area contributed by atoms with Gasteiger partial charge in [-0.25, -0.2) is 4.99 Å². The van der Waals surface area contributed by atoms with Gasteiger partial charge < -0.3 is 14.9 Å². The third kappa shape index (κ3) is 1.95. The third-order valence-electron chi connectivity index (χ3n) is 8.75. The number of methoxy groups -OCH3 is 1. The maximum atomic E-state index is 12.2. The number of hydrogen-bond donors (Lipinski definition) is 2. The molecule has 4 aliphatic carbocycles. The van der Waals surface area contributed by atoms with E-state index in [1.54, 1.807) is 18.9 Å². The number of fused-ring (bicyclic) bond motifs is 3. The van der Waals surface area contributed by atoms with Gasteiger partial charge in [0.15, 0.2) is 11.5 Å². The molecule has 2 N–H and O–H groups in total. The number of nitrogens with zero attached hydrogens (tertiary/aromatic N) is 1. The first-order valence-corrected chi connectivity index (χ1v) is 11.0. The van der Waals surface area contributed by atoms with Gasteiger partial charge >= 0.3 is 0 Å². The van der Waals surface area contributed by atoms with Gasteiger partial charge in [-0.05, 0) is 50.0 Å². The smallest absolute Gasteiger partial charge is 0.249 e. The molecule has 0 amide bonds. The predicted molar refractivity (Wildman–Crippen MR) is 104 cm³/mol. The quantitative estimate of drug-likeness (QED) is 0.663. The molecule has 0 unspecified atom stereocenters. The van der Waals surface area contributed by atoms with E-state index in [4.69, 9.17) is 9.73 Å². The van der Waals surface area contributed by atoms with Crippen molar-refractivity contribution in [3.63, 3.8) is 0 Å². The summed E-state index contributed by atoms with van der Waals surface area (Å²) in [5.41, 5.74) is -0.713. The van der Waals surface area contributed by atoms with Crippen LogP contribution in [0.1, 0.15) is 58.8 Å². The normalized spacial score (nSPS) is 53.7. The van der Waals surface area contributed by atoms with Crippen LogP contribution >= 0.6 is 11.8 Å². The Balaban J connectivity index is 1.73. The highest BCUT2D eigenvalue weighted by molar-refractivity contribution is 8.15. The van der Waals surface area contributed by atoms with Crippen LogP contribution in [-0.2, 0) is 9.53 Å². The van der Waals surface area contributed by atoms with Crippen LogP contribution in [0, 0.1) is 22.7 Å². The summed E-state index contributed by atoms with van der Waals surface area (Å²) in [6, 6.07) is 0. The first-order chi connectivity index (χ1) is 12.7. The summed E-state index contributed by atoms with van der Waals surface area (Å²) < 4.78 is 5.02. The molecule has 7 atom stereocenters. The number of rotatable bonds is 0. The molecule has 0 aromatic carbocycles. The minimum Gasteiger partial charge on any atom is -0.476 e. The second kappa shape index (κ2) is 5.39. The molecule has 3 saturated carbocycles. The first kappa shape index (κ1) is 18.2. The van der Waals surface area contributed by atoms with Crippen molar-refractivity contribution in [3.8, 4) is 0 Å². The number of allylic oxidation sites excluding steroid dienone is 1. The van der Waals surface area contributed by atoms with E-state index in [2.05, 4.69) is 13.8 Å². The monoisotopic (exact) mass is 391 g/mol. The van der Waals surface area contributed by atoms with E-state index in [0.717, 1.165) is 32.1 Å². The average Bonchev–Trinajstić information content (AvgIpc) is 3.07. The SMILES string of the molecule is COC1=N[C@@]2(O)C[C@]3(C)[C@@H](O)CC[C@H]3[C@@H]3CCC4=CC(=O)CC[C@]4(C)[C@]32S1. The molecule has 5 aliphatic rings. The van der Waals surface area contributed by atoms with Crippen LogP contribution in [0.2, 0.25) is 0 Å². The number of hydrogen-bond acceptors (Lipinski definition) is 6. The number of carbonyl (C=O) groups is 1. The molecule has 1 spiro atoms. The molecule has 3 fully saturated rings. The molecule has 148 valence electrons. The molecule has 0 saturated heterocycles. The molecular weight excluding hydrogens is 362 g/mol. The zero-order valence-electron chi connectivity index (χ0n) is 16.3. The zero-order valence-corrected chi connectivity index (χ0v) is 17.1. The molecule has 0 bridgehead atoms. The highest BCUT2D eigenvalue weighted by atomic mass is 32.2. The lowest BCUT2D eigenvalue weighted by molar-refractivity contribution is -0.172. The summed E-state index contributed by atoms with van der Waals surface area (Å²) in [4.78, 5) is 16.9. The maximum absolute atomic E-state index is 12.2. The summed E-state index contributed by atoms with van der Waals surface area (Å²) in [5, 5.41) is 23.4. The van der Waals surface area contributed by atoms with E-state index in [1.165, 1.54) is 5.57 Å². The number of aliphatic hydroxyl groups is 2. The lowest BCUT2D eigenvalue weighted by atomic mass is 9.44.